The van der Waals surface area contributed by atoms with Gasteiger partial charge in [0.25, 0.3) is 0 Å². The standard InChI is InChI=1S/C13H16N2O/c1-9(2)16-13-12-6-4-3-5-10(12)7-11(8-14)15-13/h3-7,9H,8,14H2,1-2H3. The van der Waals surface area contributed by atoms with Gasteiger partial charge >= 0.3 is 0 Å². The number of rotatable bonds is 3. The molecule has 0 aliphatic rings. The summed E-state index contributed by atoms with van der Waals surface area (Å²) in [5, 5.41) is 2.15. The Labute approximate surface area is 95.2 Å². The fourth-order valence-electron chi connectivity index (χ4n) is 1.64. The molecule has 0 unspecified atom stereocenters. The van der Waals surface area contributed by atoms with Gasteiger partial charge in [-0.05, 0) is 31.4 Å². The number of pyridine rings is 1. The maximum atomic E-state index is 5.70. The molecule has 16 heavy (non-hydrogen) atoms. The largest absolute Gasteiger partial charge is 0.474 e. The maximum Gasteiger partial charge on any atom is 0.221 e. The van der Waals surface area contributed by atoms with Crippen molar-refractivity contribution in [1.82, 2.24) is 4.98 Å². The molecule has 3 nitrogen and oxygen atoms in total. The summed E-state index contributed by atoms with van der Waals surface area (Å²) >= 11 is 0. The molecule has 0 bridgehead atoms. The van der Waals surface area contributed by atoms with E-state index in [1.165, 1.54) is 0 Å². The molecule has 1 heterocycles. The smallest absolute Gasteiger partial charge is 0.221 e. The van der Waals surface area contributed by atoms with Gasteiger partial charge in [0.1, 0.15) is 0 Å². The Kier molecular flexibility index (Phi) is 3.06. The zero-order valence-electron chi connectivity index (χ0n) is 9.60. The number of nitrogens with zero attached hydrogens (tertiary/aromatic N) is 1. The van der Waals surface area contributed by atoms with Crippen LogP contribution in [0.5, 0.6) is 5.88 Å². The number of aromatic nitrogens is 1. The molecule has 2 N–H and O–H groups in total. The molecule has 1 aromatic carbocycles. The molecule has 0 aliphatic heterocycles. The molecule has 0 saturated carbocycles. The van der Waals surface area contributed by atoms with E-state index in [1.807, 2.05) is 44.2 Å². The Morgan fingerprint density at radius 1 is 1.31 bits per heavy atom. The molecule has 0 atom stereocenters. The minimum Gasteiger partial charge on any atom is -0.474 e. The lowest BCUT2D eigenvalue weighted by Gasteiger charge is -2.12. The molecule has 0 amide bonds. The highest BCUT2D eigenvalue weighted by Crippen LogP contribution is 2.25. The van der Waals surface area contributed by atoms with Gasteiger partial charge in [-0.2, -0.15) is 0 Å². The highest BCUT2D eigenvalue weighted by Gasteiger charge is 2.07. The number of hydrogen-bond donors (Lipinski definition) is 1. The average molecular weight is 216 g/mol. The summed E-state index contributed by atoms with van der Waals surface area (Å²) in [5.41, 5.74) is 6.48. The van der Waals surface area contributed by atoms with E-state index < -0.39 is 0 Å². The summed E-state index contributed by atoms with van der Waals surface area (Å²) in [6.45, 7) is 4.41. The Morgan fingerprint density at radius 2 is 2.06 bits per heavy atom. The first kappa shape index (κ1) is 10.9. The second-order valence-corrected chi connectivity index (χ2v) is 4.01. The third-order valence-corrected chi connectivity index (χ3v) is 2.31. The quantitative estimate of drug-likeness (QED) is 0.857. The van der Waals surface area contributed by atoms with E-state index in [1.54, 1.807) is 0 Å². The van der Waals surface area contributed by atoms with Crippen molar-refractivity contribution in [2.75, 3.05) is 0 Å². The van der Waals surface area contributed by atoms with Crippen LogP contribution in [0.2, 0.25) is 0 Å². The summed E-state index contributed by atoms with van der Waals surface area (Å²) in [7, 11) is 0. The first-order valence-corrected chi connectivity index (χ1v) is 5.46. The highest BCUT2D eigenvalue weighted by molar-refractivity contribution is 5.87. The molecule has 84 valence electrons. The molecule has 1 aromatic heterocycles. The second-order valence-electron chi connectivity index (χ2n) is 4.01. The normalized spacial score (nSPS) is 11.0. The predicted molar refractivity (Wildman–Crippen MR) is 65.4 cm³/mol. The van der Waals surface area contributed by atoms with Crippen molar-refractivity contribution >= 4 is 10.8 Å². The van der Waals surface area contributed by atoms with Crippen LogP contribution in [0, 0.1) is 0 Å². The molecular formula is C13H16N2O. The molecule has 0 fully saturated rings. The van der Waals surface area contributed by atoms with Crippen LogP contribution in [0.25, 0.3) is 10.8 Å². The van der Waals surface area contributed by atoms with Crippen molar-refractivity contribution in [3.05, 3.63) is 36.0 Å². The number of hydrogen-bond acceptors (Lipinski definition) is 3. The van der Waals surface area contributed by atoms with Crippen molar-refractivity contribution < 1.29 is 4.74 Å². The fourth-order valence-corrected chi connectivity index (χ4v) is 1.64. The van der Waals surface area contributed by atoms with Crippen LogP contribution in [0.1, 0.15) is 19.5 Å². The molecular weight excluding hydrogens is 200 g/mol. The molecule has 0 aliphatic carbocycles. The van der Waals surface area contributed by atoms with Crippen molar-refractivity contribution in [2.45, 2.75) is 26.5 Å². The maximum absolute atomic E-state index is 5.70. The van der Waals surface area contributed by atoms with Gasteiger partial charge < -0.3 is 10.5 Å². The number of benzene rings is 1. The monoisotopic (exact) mass is 216 g/mol. The second kappa shape index (κ2) is 4.49. The Hall–Kier alpha value is -1.61. The lowest BCUT2D eigenvalue weighted by Crippen LogP contribution is -2.09. The third-order valence-electron chi connectivity index (χ3n) is 2.31. The van der Waals surface area contributed by atoms with E-state index in [-0.39, 0.29) is 6.10 Å². The van der Waals surface area contributed by atoms with Crippen LogP contribution in [-0.4, -0.2) is 11.1 Å². The summed E-state index contributed by atoms with van der Waals surface area (Å²) < 4.78 is 5.70. The van der Waals surface area contributed by atoms with E-state index >= 15 is 0 Å². The minimum absolute atomic E-state index is 0.115. The van der Waals surface area contributed by atoms with Crippen molar-refractivity contribution in [3.8, 4) is 5.88 Å². The SMILES string of the molecule is CC(C)Oc1nc(CN)cc2ccccc12. The zero-order valence-corrected chi connectivity index (χ0v) is 9.60. The zero-order chi connectivity index (χ0) is 11.5. The van der Waals surface area contributed by atoms with Crippen LogP contribution in [0.3, 0.4) is 0 Å². The van der Waals surface area contributed by atoms with Gasteiger partial charge in [0.05, 0.1) is 11.8 Å². The van der Waals surface area contributed by atoms with E-state index in [9.17, 15) is 0 Å². The topological polar surface area (TPSA) is 48.1 Å². The summed E-state index contributed by atoms with van der Waals surface area (Å²) in [5.74, 6) is 0.675. The van der Waals surface area contributed by atoms with Crippen molar-refractivity contribution in [3.63, 3.8) is 0 Å². The van der Waals surface area contributed by atoms with Gasteiger partial charge in [0, 0.05) is 11.9 Å². The van der Waals surface area contributed by atoms with Crippen molar-refractivity contribution in [1.29, 1.82) is 0 Å². The lowest BCUT2D eigenvalue weighted by molar-refractivity contribution is 0.235. The summed E-state index contributed by atoms with van der Waals surface area (Å²) in [6, 6.07) is 10.0. The molecule has 0 spiro atoms. The number of nitrogens with two attached hydrogens (primary N) is 1. The third kappa shape index (κ3) is 2.14. The molecule has 3 heteroatoms. The number of fused-ring (bicyclic) bond motifs is 1. The highest BCUT2D eigenvalue weighted by atomic mass is 16.5. The van der Waals surface area contributed by atoms with Gasteiger partial charge in [0.15, 0.2) is 0 Å². The molecule has 0 saturated heterocycles. The first-order valence-electron chi connectivity index (χ1n) is 5.46. The van der Waals surface area contributed by atoms with Gasteiger partial charge in [-0.1, -0.05) is 18.2 Å². The van der Waals surface area contributed by atoms with Crippen LogP contribution in [0.15, 0.2) is 30.3 Å². The van der Waals surface area contributed by atoms with E-state index in [4.69, 9.17) is 10.5 Å². The summed E-state index contributed by atoms with van der Waals surface area (Å²) in [4.78, 5) is 4.41. The minimum atomic E-state index is 0.115. The van der Waals surface area contributed by atoms with E-state index in [0.717, 1.165) is 16.5 Å². The fraction of sp³-hybridized carbons (Fsp3) is 0.308. The summed E-state index contributed by atoms with van der Waals surface area (Å²) in [6.07, 6.45) is 0.115. The Morgan fingerprint density at radius 3 is 2.75 bits per heavy atom. The van der Waals surface area contributed by atoms with Gasteiger partial charge in [0.2, 0.25) is 5.88 Å². The van der Waals surface area contributed by atoms with Crippen LogP contribution in [0.4, 0.5) is 0 Å². The Bertz CT molecular complexity index is 494. The molecule has 0 radical (unpaired) electrons. The van der Waals surface area contributed by atoms with Gasteiger partial charge in [-0.15, -0.1) is 0 Å². The first-order chi connectivity index (χ1) is 7.70. The van der Waals surface area contributed by atoms with Crippen LogP contribution in [-0.2, 0) is 6.54 Å². The lowest BCUT2D eigenvalue weighted by atomic mass is 10.1. The van der Waals surface area contributed by atoms with Gasteiger partial charge in [-0.3, -0.25) is 0 Å². The van der Waals surface area contributed by atoms with E-state index in [2.05, 4.69) is 4.98 Å². The van der Waals surface area contributed by atoms with E-state index in [0.29, 0.717) is 12.4 Å². The predicted octanol–water partition coefficient (Wildman–Crippen LogP) is 2.48. The molecule has 2 rings (SSSR count). The Balaban J connectivity index is 2.59. The van der Waals surface area contributed by atoms with Crippen LogP contribution < -0.4 is 10.5 Å². The number of ether oxygens (including phenoxy) is 1. The van der Waals surface area contributed by atoms with Gasteiger partial charge in [-0.25, -0.2) is 4.98 Å². The molecule has 2 aromatic rings. The van der Waals surface area contributed by atoms with Crippen LogP contribution >= 0.6 is 0 Å². The average Bonchev–Trinajstić information content (AvgIpc) is 2.28. The van der Waals surface area contributed by atoms with Crippen molar-refractivity contribution in [2.24, 2.45) is 5.73 Å².